The van der Waals surface area contributed by atoms with E-state index in [1.807, 2.05) is 6.20 Å². The van der Waals surface area contributed by atoms with Gasteiger partial charge in [0.05, 0.1) is 0 Å². The van der Waals surface area contributed by atoms with Gasteiger partial charge in [0, 0.05) is 35.5 Å². The van der Waals surface area contributed by atoms with Gasteiger partial charge in [0.2, 0.25) is 0 Å². The Labute approximate surface area is 99.8 Å². The van der Waals surface area contributed by atoms with Gasteiger partial charge in [-0.25, -0.2) is 0 Å². The fourth-order valence-corrected chi connectivity index (χ4v) is 2.40. The molecular formula is C12H17BrN2. The van der Waals surface area contributed by atoms with Crippen LogP contribution in [0.3, 0.4) is 0 Å². The molecule has 2 rings (SSSR count). The van der Waals surface area contributed by atoms with E-state index in [1.165, 1.54) is 24.9 Å². The molecule has 1 aliphatic carbocycles. The van der Waals surface area contributed by atoms with Crippen molar-refractivity contribution in [3.63, 3.8) is 0 Å². The number of aryl methyl sites for hydroxylation is 1. The van der Waals surface area contributed by atoms with Crippen LogP contribution in [-0.2, 0) is 0 Å². The molecule has 1 fully saturated rings. The summed E-state index contributed by atoms with van der Waals surface area (Å²) in [7, 11) is 0. The lowest BCUT2D eigenvalue weighted by Crippen LogP contribution is -2.41. The van der Waals surface area contributed by atoms with E-state index in [0.29, 0.717) is 0 Å². The highest BCUT2D eigenvalue weighted by Gasteiger charge is 2.24. The van der Waals surface area contributed by atoms with Gasteiger partial charge in [-0.15, -0.1) is 0 Å². The molecule has 0 amide bonds. The van der Waals surface area contributed by atoms with Crippen LogP contribution in [0.25, 0.3) is 0 Å². The van der Waals surface area contributed by atoms with Crippen LogP contribution in [0.1, 0.15) is 25.0 Å². The summed E-state index contributed by atoms with van der Waals surface area (Å²) in [6.45, 7) is 3.14. The van der Waals surface area contributed by atoms with Crippen molar-refractivity contribution in [2.45, 2.75) is 32.2 Å². The molecule has 0 radical (unpaired) electrons. The van der Waals surface area contributed by atoms with E-state index in [0.717, 1.165) is 23.6 Å². The number of hydrogen-bond acceptors (Lipinski definition) is 2. The van der Waals surface area contributed by atoms with E-state index in [4.69, 9.17) is 0 Å². The maximum Gasteiger partial charge on any atom is 0.0402 e. The zero-order valence-corrected chi connectivity index (χ0v) is 10.7. The Bertz CT molecular complexity index is 323. The minimum atomic E-state index is 0.754. The van der Waals surface area contributed by atoms with Crippen molar-refractivity contribution in [2.24, 2.45) is 0 Å². The van der Waals surface area contributed by atoms with Crippen LogP contribution in [-0.4, -0.2) is 22.9 Å². The summed E-state index contributed by atoms with van der Waals surface area (Å²) in [6, 6.07) is 5.05. The van der Waals surface area contributed by atoms with Crippen LogP contribution in [0.4, 0.5) is 5.69 Å². The van der Waals surface area contributed by atoms with Crippen LogP contribution >= 0.6 is 15.9 Å². The van der Waals surface area contributed by atoms with Crippen LogP contribution in [0.2, 0.25) is 0 Å². The van der Waals surface area contributed by atoms with Crippen LogP contribution < -0.4 is 4.90 Å². The van der Waals surface area contributed by atoms with E-state index in [-0.39, 0.29) is 0 Å². The van der Waals surface area contributed by atoms with Crippen molar-refractivity contribution in [1.29, 1.82) is 0 Å². The second-order valence-electron chi connectivity index (χ2n) is 4.12. The van der Waals surface area contributed by atoms with E-state index in [9.17, 15) is 0 Å². The van der Waals surface area contributed by atoms with E-state index in [2.05, 4.69) is 44.9 Å². The molecule has 0 aliphatic heterocycles. The minimum Gasteiger partial charge on any atom is -0.368 e. The number of pyridine rings is 1. The maximum atomic E-state index is 4.25. The summed E-state index contributed by atoms with van der Waals surface area (Å²) < 4.78 is 0. The summed E-state index contributed by atoms with van der Waals surface area (Å²) in [5.41, 5.74) is 2.43. The van der Waals surface area contributed by atoms with Gasteiger partial charge in [-0.3, -0.25) is 4.98 Å². The quantitative estimate of drug-likeness (QED) is 0.781. The zero-order chi connectivity index (χ0) is 10.7. The van der Waals surface area contributed by atoms with Gasteiger partial charge in [0.25, 0.3) is 0 Å². The third-order valence-corrected chi connectivity index (χ3v) is 3.41. The Morgan fingerprint density at radius 2 is 2.33 bits per heavy atom. The SMILES string of the molecule is Cc1cc(N(CCBr)C2CCC2)ccn1. The molecule has 15 heavy (non-hydrogen) atoms. The molecular weight excluding hydrogens is 252 g/mol. The molecule has 0 aromatic carbocycles. The molecule has 0 bridgehead atoms. The lowest BCUT2D eigenvalue weighted by atomic mass is 9.91. The van der Waals surface area contributed by atoms with Crippen LogP contribution in [0.5, 0.6) is 0 Å². The molecule has 1 heterocycles. The molecule has 0 saturated heterocycles. The Balaban J connectivity index is 2.15. The Morgan fingerprint density at radius 3 is 2.87 bits per heavy atom. The smallest absolute Gasteiger partial charge is 0.0402 e. The standard InChI is InChI=1S/C12H17BrN2/c1-10-9-12(5-7-14-10)15(8-6-13)11-3-2-4-11/h5,7,9,11H,2-4,6,8H2,1H3. The lowest BCUT2D eigenvalue weighted by molar-refractivity contribution is 0.391. The summed E-state index contributed by atoms with van der Waals surface area (Å²) in [5, 5.41) is 1.03. The third-order valence-electron chi connectivity index (χ3n) is 3.05. The summed E-state index contributed by atoms with van der Waals surface area (Å²) >= 11 is 3.53. The van der Waals surface area contributed by atoms with Gasteiger partial charge < -0.3 is 4.90 Å². The summed E-state index contributed by atoms with van der Waals surface area (Å²) in [6.07, 6.45) is 5.97. The average molecular weight is 269 g/mol. The summed E-state index contributed by atoms with van der Waals surface area (Å²) in [4.78, 5) is 6.75. The third kappa shape index (κ3) is 2.51. The van der Waals surface area contributed by atoms with Gasteiger partial charge in [-0.1, -0.05) is 15.9 Å². The van der Waals surface area contributed by atoms with Crippen LogP contribution in [0, 0.1) is 6.92 Å². The maximum absolute atomic E-state index is 4.25. The first-order valence-corrected chi connectivity index (χ1v) is 6.68. The number of hydrogen-bond donors (Lipinski definition) is 0. The Morgan fingerprint density at radius 1 is 1.53 bits per heavy atom. The number of rotatable bonds is 4. The van der Waals surface area contributed by atoms with Crippen molar-refractivity contribution in [1.82, 2.24) is 4.98 Å². The highest BCUT2D eigenvalue weighted by Crippen LogP contribution is 2.29. The second-order valence-corrected chi connectivity index (χ2v) is 4.92. The topological polar surface area (TPSA) is 16.1 Å². The molecule has 82 valence electrons. The molecule has 2 nitrogen and oxygen atoms in total. The van der Waals surface area contributed by atoms with Crippen molar-refractivity contribution >= 4 is 21.6 Å². The highest BCUT2D eigenvalue weighted by molar-refractivity contribution is 9.09. The molecule has 1 aromatic rings. The van der Waals surface area contributed by atoms with Gasteiger partial charge in [-0.05, 0) is 38.3 Å². The highest BCUT2D eigenvalue weighted by atomic mass is 79.9. The Kier molecular flexibility index (Phi) is 3.62. The fraction of sp³-hybridized carbons (Fsp3) is 0.583. The molecule has 0 spiro atoms. The van der Waals surface area contributed by atoms with E-state index >= 15 is 0 Å². The minimum absolute atomic E-state index is 0.754. The van der Waals surface area contributed by atoms with E-state index in [1.54, 1.807) is 0 Å². The largest absolute Gasteiger partial charge is 0.368 e. The van der Waals surface area contributed by atoms with Crippen molar-refractivity contribution in [3.05, 3.63) is 24.0 Å². The number of halogens is 1. The molecule has 0 unspecified atom stereocenters. The van der Waals surface area contributed by atoms with E-state index < -0.39 is 0 Å². The lowest BCUT2D eigenvalue weighted by Gasteiger charge is -2.39. The van der Waals surface area contributed by atoms with Crippen LogP contribution in [0.15, 0.2) is 18.3 Å². The first-order valence-electron chi connectivity index (χ1n) is 5.56. The van der Waals surface area contributed by atoms with Gasteiger partial charge in [0.15, 0.2) is 0 Å². The number of nitrogens with zero attached hydrogens (tertiary/aromatic N) is 2. The van der Waals surface area contributed by atoms with Gasteiger partial charge in [-0.2, -0.15) is 0 Å². The summed E-state index contributed by atoms with van der Waals surface area (Å²) in [5.74, 6) is 0. The van der Waals surface area contributed by atoms with Crippen molar-refractivity contribution < 1.29 is 0 Å². The second kappa shape index (κ2) is 4.97. The average Bonchev–Trinajstić information content (AvgIpc) is 2.14. The number of alkyl halides is 1. The van der Waals surface area contributed by atoms with Crippen molar-refractivity contribution in [2.75, 3.05) is 16.8 Å². The Hall–Kier alpha value is -0.570. The number of anilines is 1. The normalized spacial score (nSPS) is 16.1. The fourth-order valence-electron chi connectivity index (χ4n) is 2.02. The number of aromatic nitrogens is 1. The van der Waals surface area contributed by atoms with Gasteiger partial charge in [0.1, 0.15) is 0 Å². The molecule has 1 aliphatic rings. The first kappa shape index (κ1) is 10.9. The molecule has 0 N–H and O–H groups in total. The zero-order valence-electron chi connectivity index (χ0n) is 9.12. The molecule has 3 heteroatoms. The molecule has 0 atom stereocenters. The first-order chi connectivity index (χ1) is 7.31. The van der Waals surface area contributed by atoms with Crippen molar-refractivity contribution in [3.8, 4) is 0 Å². The predicted molar refractivity (Wildman–Crippen MR) is 67.8 cm³/mol. The molecule has 1 saturated carbocycles. The van der Waals surface area contributed by atoms with Gasteiger partial charge >= 0.3 is 0 Å². The monoisotopic (exact) mass is 268 g/mol. The predicted octanol–water partition coefficient (Wildman–Crippen LogP) is 3.14. The molecule has 1 aromatic heterocycles.